The molecular formula is C21H20N4O6S. The highest BCUT2D eigenvalue weighted by Gasteiger charge is 2.37. The highest BCUT2D eigenvalue weighted by Crippen LogP contribution is 2.31. The van der Waals surface area contributed by atoms with E-state index in [2.05, 4.69) is 5.32 Å². The average Bonchev–Trinajstić information content (AvgIpc) is 3.39. The van der Waals surface area contributed by atoms with E-state index in [1.807, 2.05) is 0 Å². The normalized spacial score (nSPS) is 17.3. The summed E-state index contributed by atoms with van der Waals surface area (Å²) >= 11 is 0. The van der Waals surface area contributed by atoms with E-state index in [9.17, 15) is 28.1 Å². The summed E-state index contributed by atoms with van der Waals surface area (Å²) in [5.41, 5.74) is 0.550. The van der Waals surface area contributed by atoms with Gasteiger partial charge in [0, 0.05) is 38.0 Å². The largest absolute Gasteiger partial charge is 0.350 e. The molecule has 4 rings (SSSR count). The first-order chi connectivity index (χ1) is 15.2. The molecule has 0 aromatic heterocycles. The molecule has 11 heteroatoms. The number of non-ortho nitro benzene ring substituents is 1. The summed E-state index contributed by atoms with van der Waals surface area (Å²) in [4.78, 5) is 36.8. The number of hydrogen-bond donors (Lipinski definition) is 1. The average molecular weight is 456 g/mol. The van der Waals surface area contributed by atoms with E-state index in [1.54, 1.807) is 12.1 Å². The molecule has 0 unspecified atom stereocenters. The van der Waals surface area contributed by atoms with Gasteiger partial charge in [0.05, 0.1) is 15.4 Å². The number of anilines is 1. The van der Waals surface area contributed by atoms with Gasteiger partial charge in [-0.15, -0.1) is 0 Å². The molecule has 2 aliphatic heterocycles. The van der Waals surface area contributed by atoms with Gasteiger partial charge in [0.2, 0.25) is 10.0 Å². The Hall–Kier alpha value is -3.57. The first kappa shape index (κ1) is 21.7. The lowest BCUT2D eigenvalue weighted by Gasteiger charge is -2.16. The van der Waals surface area contributed by atoms with E-state index in [1.165, 1.54) is 47.8 Å². The number of nitrogens with zero attached hydrogens (tertiary/aromatic N) is 3. The number of nitro groups is 1. The van der Waals surface area contributed by atoms with Crippen LogP contribution in [-0.4, -0.2) is 54.5 Å². The third kappa shape index (κ3) is 3.76. The van der Waals surface area contributed by atoms with Gasteiger partial charge in [-0.05, 0) is 48.7 Å². The quantitative estimate of drug-likeness (QED) is 0.401. The van der Waals surface area contributed by atoms with Gasteiger partial charge in [0.15, 0.2) is 0 Å². The van der Waals surface area contributed by atoms with E-state index in [0.717, 1.165) is 17.7 Å². The SMILES string of the molecule is CN1C(=O)C(Nc2cccc(S(=O)(=O)N3CCCC3)c2)=C(c2ccc([N+](=O)[O-])cc2)C1=O. The molecule has 10 nitrogen and oxygen atoms in total. The monoisotopic (exact) mass is 456 g/mol. The van der Waals surface area contributed by atoms with Crippen molar-refractivity contribution in [3.8, 4) is 0 Å². The van der Waals surface area contributed by atoms with Crippen molar-refractivity contribution in [2.75, 3.05) is 25.5 Å². The van der Waals surface area contributed by atoms with Crippen molar-refractivity contribution in [3.05, 3.63) is 69.9 Å². The lowest BCUT2D eigenvalue weighted by Crippen LogP contribution is -2.28. The molecule has 0 radical (unpaired) electrons. The van der Waals surface area contributed by atoms with Gasteiger partial charge in [-0.1, -0.05) is 6.07 Å². The summed E-state index contributed by atoms with van der Waals surface area (Å²) in [6.45, 7) is 0.931. The Kier molecular flexibility index (Phi) is 5.53. The predicted molar refractivity (Wildman–Crippen MR) is 116 cm³/mol. The molecule has 2 heterocycles. The predicted octanol–water partition coefficient (Wildman–Crippen LogP) is 2.20. The third-order valence-corrected chi connectivity index (χ3v) is 7.35. The van der Waals surface area contributed by atoms with Crippen LogP contribution in [-0.2, 0) is 19.6 Å². The van der Waals surface area contributed by atoms with E-state index >= 15 is 0 Å². The van der Waals surface area contributed by atoms with Gasteiger partial charge in [0.25, 0.3) is 17.5 Å². The van der Waals surface area contributed by atoms with Crippen molar-refractivity contribution in [1.82, 2.24) is 9.21 Å². The molecule has 166 valence electrons. The van der Waals surface area contributed by atoms with Crippen molar-refractivity contribution >= 4 is 38.8 Å². The van der Waals surface area contributed by atoms with Crippen molar-refractivity contribution in [1.29, 1.82) is 0 Å². The van der Waals surface area contributed by atoms with Crippen LogP contribution in [0.25, 0.3) is 5.57 Å². The Morgan fingerprint density at radius 3 is 2.28 bits per heavy atom. The van der Waals surface area contributed by atoms with Crippen LogP contribution < -0.4 is 5.32 Å². The number of hydrogen-bond acceptors (Lipinski definition) is 7. The number of carbonyl (C=O) groups excluding carboxylic acids is 2. The van der Waals surface area contributed by atoms with Crippen LogP contribution >= 0.6 is 0 Å². The third-order valence-electron chi connectivity index (χ3n) is 5.46. The molecule has 0 bridgehead atoms. The number of nitrogens with one attached hydrogen (secondary N) is 1. The van der Waals surface area contributed by atoms with E-state index in [-0.39, 0.29) is 21.9 Å². The number of benzene rings is 2. The number of sulfonamides is 1. The second-order valence-electron chi connectivity index (χ2n) is 7.49. The van der Waals surface area contributed by atoms with Crippen molar-refractivity contribution in [2.24, 2.45) is 0 Å². The summed E-state index contributed by atoms with van der Waals surface area (Å²) in [7, 11) is -2.33. The summed E-state index contributed by atoms with van der Waals surface area (Å²) in [6.07, 6.45) is 1.62. The highest BCUT2D eigenvalue weighted by atomic mass is 32.2. The second kappa shape index (κ2) is 8.17. The number of nitro benzene ring substituents is 1. The van der Waals surface area contributed by atoms with Crippen LogP contribution in [0.1, 0.15) is 18.4 Å². The number of rotatable bonds is 6. The molecule has 2 aliphatic rings. The fourth-order valence-electron chi connectivity index (χ4n) is 3.73. The Bertz CT molecular complexity index is 1250. The van der Waals surface area contributed by atoms with Crippen LogP contribution in [0.15, 0.2) is 59.1 Å². The second-order valence-corrected chi connectivity index (χ2v) is 9.43. The summed E-state index contributed by atoms with van der Waals surface area (Å²) < 4.78 is 27.2. The first-order valence-electron chi connectivity index (χ1n) is 9.89. The molecule has 0 saturated carbocycles. The highest BCUT2D eigenvalue weighted by molar-refractivity contribution is 7.89. The minimum absolute atomic E-state index is 0.0259. The lowest BCUT2D eigenvalue weighted by atomic mass is 10.0. The molecule has 0 spiro atoms. The van der Waals surface area contributed by atoms with Crippen LogP contribution in [0.5, 0.6) is 0 Å². The Morgan fingerprint density at radius 1 is 1.00 bits per heavy atom. The zero-order valence-electron chi connectivity index (χ0n) is 17.1. The molecule has 2 aromatic rings. The van der Waals surface area contributed by atoms with Crippen LogP contribution in [0, 0.1) is 10.1 Å². The summed E-state index contributed by atoms with van der Waals surface area (Å²) in [6, 6.07) is 11.4. The topological polar surface area (TPSA) is 130 Å². The first-order valence-corrected chi connectivity index (χ1v) is 11.3. The number of amides is 2. The summed E-state index contributed by atoms with van der Waals surface area (Å²) in [5, 5.41) is 13.8. The standard InChI is InChI=1S/C21H20N4O6S/c1-23-20(26)18(14-7-9-16(10-8-14)25(28)29)19(21(23)27)22-15-5-4-6-17(13-15)32(30,31)24-11-2-3-12-24/h4-10,13,22H,2-3,11-12H2,1H3. The summed E-state index contributed by atoms with van der Waals surface area (Å²) in [5.74, 6) is -1.15. The van der Waals surface area contributed by atoms with E-state index < -0.39 is 26.8 Å². The van der Waals surface area contributed by atoms with Crippen molar-refractivity contribution in [2.45, 2.75) is 17.7 Å². The molecule has 32 heavy (non-hydrogen) atoms. The number of likely N-dealkylation sites (N-methyl/N-ethyl adjacent to an activating group) is 1. The van der Waals surface area contributed by atoms with Crippen LogP contribution in [0.3, 0.4) is 0 Å². The fraction of sp³-hybridized carbons (Fsp3) is 0.238. The van der Waals surface area contributed by atoms with Gasteiger partial charge >= 0.3 is 0 Å². The number of imide groups is 1. The van der Waals surface area contributed by atoms with Gasteiger partial charge in [-0.25, -0.2) is 8.42 Å². The maximum atomic E-state index is 12.9. The molecule has 1 saturated heterocycles. The molecule has 0 atom stereocenters. The molecular weight excluding hydrogens is 436 g/mol. The zero-order valence-corrected chi connectivity index (χ0v) is 18.0. The molecule has 2 aromatic carbocycles. The van der Waals surface area contributed by atoms with E-state index in [4.69, 9.17) is 0 Å². The number of carbonyl (C=O) groups is 2. The molecule has 2 amide bonds. The Balaban J connectivity index is 1.71. The van der Waals surface area contributed by atoms with E-state index in [0.29, 0.717) is 24.3 Å². The minimum atomic E-state index is -3.66. The van der Waals surface area contributed by atoms with Crippen LogP contribution in [0.2, 0.25) is 0 Å². The smallest absolute Gasteiger partial charge is 0.277 e. The van der Waals surface area contributed by atoms with Gasteiger partial charge in [-0.2, -0.15) is 4.31 Å². The van der Waals surface area contributed by atoms with Crippen LogP contribution in [0.4, 0.5) is 11.4 Å². The molecule has 0 aliphatic carbocycles. The van der Waals surface area contributed by atoms with Gasteiger partial charge in [0.1, 0.15) is 5.70 Å². The van der Waals surface area contributed by atoms with Crippen molar-refractivity contribution < 1.29 is 22.9 Å². The maximum Gasteiger partial charge on any atom is 0.277 e. The molecule has 1 N–H and O–H groups in total. The zero-order chi connectivity index (χ0) is 23.0. The lowest BCUT2D eigenvalue weighted by molar-refractivity contribution is -0.384. The van der Waals surface area contributed by atoms with Crippen molar-refractivity contribution in [3.63, 3.8) is 0 Å². The van der Waals surface area contributed by atoms with Gasteiger partial charge < -0.3 is 5.32 Å². The minimum Gasteiger partial charge on any atom is -0.350 e. The Morgan fingerprint density at radius 2 is 1.66 bits per heavy atom. The maximum absolute atomic E-state index is 12.9. The Labute approximate surface area is 184 Å². The van der Waals surface area contributed by atoms with Gasteiger partial charge in [-0.3, -0.25) is 24.6 Å². The fourth-order valence-corrected chi connectivity index (χ4v) is 5.29. The molecule has 1 fully saturated rings.